The molecule has 0 aliphatic heterocycles. The highest BCUT2D eigenvalue weighted by molar-refractivity contribution is 9.10. The molecule has 0 heterocycles. The molecule has 2 aromatic rings. The van der Waals surface area contributed by atoms with Crippen LogP contribution in [0, 0.1) is 0 Å². The molecule has 0 aliphatic carbocycles. The maximum atomic E-state index is 12.0. The van der Waals surface area contributed by atoms with Crippen molar-refractivity contribution in [3.63, 3.8) is 0 Å². The molecule has 0 atom stereocenters. The van der Waals surface area contributed by atoms with E-state index < -0.39 is 0 Å². The van der Waals surface area contributed by atoms with Crippen molar-refractivity contribution in [2.45, 2.75) is 6.92 Å². The molecule has 0 fully saturated rings. The van der Waals surface area contributed by atoms with Gasteiger partial charge in [-0.2, -0.15) is 0 Å². The van der Waals surface area contributed by atoms with E-state index in [2.05, 4.69) is 26.6 Å². The van der Waals surface area contributed by atoms with Crippen molar-refractivity contribution in [1.29, 1.82) is 0 Å². The fourth-order valence-corrected chi connectivity index (χ4v) is 2.28. The Balaban J connectivity index is 0.00000200. The lowest BCUT2D eigenvalue weighted by molar-refractivity contribution is 0.0954. The van der Waals surface area contributed by atoms with Crippen molar-refractivity contribution in [2.75, 3.05) is 19.6 Å². The maximum absolute atomic E-state index is 12.0. The first-order valence-corrected chi connectivity index (χ1v) is 7.18. The van der Waals surface area contributed by atoms with Crippen molar-refractivity contribution < 1.29 is 4.79 Å². The van der Waals surface area contributed by atoms with Crippen LogP contribution in [0.25, 0.3) is 10.8 Å². The Bertz CT molecular complexity index is 589. The van der Waals surface area contributed by atoms with Gasteiger partial charge in [0, 0.05) is 23.1 Å². The highest BCUT2D eigenvalue weighted by Crippen LogP contribution is 2.20. The zero-order valence-corrected chi connectivity index (χ0v) is 13.7. The van der Waals surface area contributed by atoms with Gasteiger partial charge in [-0.3, -0.25) is 4.79 Å². The van der Waals surface area contributed by atoms with Crippen LogP contribution in [-0.2, 0) is 0 Å². The zero-order valence-electron chi connectivity index (χ0n) is 11.3. The first-order chi connectivity index (χ1) is 9.20. The first-order valence-electron chi connectivity index (χ1n) is 6.39. The number of rotatable bonds is 5. The number of likely N-dealkylation sites (N-methyl/N-ethyl adjacent to an activating group) is 1. The van der Waals surface area contributed by atoms with Gasteiger partial charge >= 0.3 is 0 Å². The fraction of sp³-hybridized carbons (Fsp3) is 0.267. The molecule has 5 heteroatoms. The average Bonchev–Trinajstić information content (AvgIpc) is 2.42. The molecule has 108 valence electrons. The number of halogens is 2. The third-order valence-corrected chi connectivity index (χ3v) is 3.40. The normalized spacial score (nSPS) is 10.1. The summed E-state index contributed by atoms with van der Waals surface area (Å²) in [5.41, 5.74) is 0.700. The topological polar surface area (TPSA) is 41.1 Å². The van der Waals surface area contributed by atoms with E-state index >= 15 is 0 Å². The summed E-state index contributed by atoms with van der Waals surface area (Å²) >= 11 is 3.44. The van der Waals surface area contributed by atoms with Crippen LogP contribution in [0.1, 0.15) is 17.3 Å². The van der Waals surface area contributed by atoms with Crippen molar-refractivity contribution in [1.82, 2.24) is 10.6 Å². The second-order valence-corrected chi connectivity index (χ2v) is 5.23. The quantitative estimate of drug-likeness (QED) is 0.806. The SMILES string of the molecule is CCNCCNC(=O)c1ccc2cc(Br)ccc2c1.Cl. The molecule has 0 unspecified atom stereocenters. The second kappa shape index (κ2) is 8.25. The van der Waals surface area contributed by atoms with E-state index in [4.69, 9.17) is 0 Å². The highest BCUT2D eigenvalue weighted by atomic mass is 79.9. The van der Waals surface area contributed by atoms with E-state index in [0.717, 1.165) is 28.3 Å². The van der Waals surface area contributed by atoms with Crippen molar-refractivity contribution >= 4 is 45.0 Å². The number of carbonyl (C=O) groups is 1. The summed E-state index contributed by atoms with van der Waals surface area (Å²) in [4.78, 5) is 12.0. The summed E-state index contributed by atoms with van der Waals surface area (Å²) < 4.78 is 1.04. The lowest BCUT2D eigenvalue weighted by atomic mass is 10.1. The van der Waals surface area contributed by atoms with E-state index in [1.54, 1.807) is 0 Å². The number of carbonyl (C=O) groups excluding carboxylic acids is 1. The minimum absolute atomic E-state index is 0. The number of hydrogen-bond acceptors (Lipinski definition) is 2. The third-order valence-electron chi connectivity index (χ3n) is 2.90. The summed E-state index contributed by atoms with van der Waals surface area (Å²) in [6.45, 7) is 4.40. The van der Waals surface area contributed by atoms with Gasteiger partial charge in [-0.05, 0) is 41.6 Å². The molecule has 0 saturated heterocycles. The van der Waals surface area contributed by atoms with E-state index in [1.165, 1.54) is 0 Å². The molecular formula is C15H18BrClN2O. The van der Waals surface area contributed by atoms with Gasteiger partial charge in [-0.1, -0.05) is 35.0 Å². The summed E-state index contributed by atoms with van der Waals surface area (Å²) in [6.07, 6.45) is 0. The Morgan fingerprint density at radius 1 is 1.10 bits per heavy atom. The van der Waals surface area contributed by atoms with E-state index in [1.807, 2.05) is 43.3 Å². The van der Waals surface area contributed by atoms with Gasteiger partial charge < -0.3 is 10.6 Å². The predicted octanol–water partition coefficient (Wildman–Crippen LogP) is 3.36. The van der Waals surface area contributed by atoms with Crippen LogP contribution in [-0.4, -0.2) is 25.5 Å². The molecule has 2 rings (SSSR count). The smallest absolute Gasteiger partial charge is 0.251 e. The highest BCUT2D eigenvalue weighted by Gasteiger charge is 2.05. The van der Waals surface area contributed by atoms with Crippen molar-refractivity contribution in [3.05, 3.63) is 46.4 Å². The van der Waals surface area contributed by atoms with Gasteiger partial charge in [0.1, 0.15) is 0 Å². The fourth-order valence-electron chi connectivity index (χ4n) is 1.90. The van der Waals surface area contributed by atoms with Crippen LogP contribution in [0.4, 0.5) is 0 Å². The Hall–Kier alpha value is -1.10. The van der Waals surface area contributed by atoms with Crippen LogP contribution < -0.4 is 10.6 Å². The largest absolute Gasteiger partial charge is 0.351 e. The number of nitrogens with one attached hydrogen (secondary N) is 2. The van der Waals surface area contributed by atoms with Crippen molar-refractivity contribution in [2.24, 2.45) is 0 Å². The van der Waals surface area contributed by atoms with Crippen molar-refractivity contribution in [3.8, 4) is 0 Å². The summed E-state index contributed by atoms with van der Waals surface area (Å²) in [6, 6.07) is 11.8. The van der Waals surface area contributed by atoms with Gasteiger partial charge in [-0.25, -0.2) is 0 Å². The monoisotopic (exact) mass is 356 g/mol. The van der Waals surface area contributed by atoms with Gasteiger partial charge in [0.25, 0.3) is 5.91 Å². The molecule has 2 N–H and O–H groups in total. The molecule has 0 aliphatic rings. The van der Waals surface area contributed by atoms with Crippen LogP contribution in [0.15, 0.2) is 40.9 Å². The zero-order chi connectivity index (χ0) is 13.7. The molecule has 20 heavy (non-hydrogen) atoms. The first kappa shape index (κ1) is 17.0. The van der Waals surface area contributed by atoms with E-state index in [9.17, 15) is 4.79 Å². The maximum Gasteiger partial charge on any atom is 0.251 e. The minimum Gasteiger partial charge on any atom is -0.351 e. The average molecular weight is 358 g/mol. The molecular weight excluding hydrogens is 340 g/mol. The Labute approximate surface area is 133 Å². The summed E-state index contributed by atoms with van der Waals surface area (Å²) in [5.74, 6) is -0.0253. The Morgan fingerprint density at radius 3 is 2.55 bits per heavy atom. The lowest BCUT2D eigenvalue weighted by Crippen LogP contribution is -2.31. The molecule has 1 amide bonds. The summed E-state index contributed by atoms with van der Waals surface area (Å²) in [7, 11) is 0. The molecule has 0 saturated carbocycles. The van der Waals surface area contributed by atoms with Crippen LogP contribution >= 0.6 is 28.3 Å². The van der Waals surface area contributed by atoms with Gasteiger partial charge in [0.15, 0.2) is 0 Å². The Kier molecular flexibility index (Phi) is 6.99. The molecule has 0 bridgehead atoms. The molecule has 0 aromatic heterocycles. The number of benzene rings is 2. The van der Waals surface area contributed by atoms with Crippen LogP contribution in [0.5, 0.6) is 0 Å². The van der Waals surface area contributed by atoms with E-state index in [-0.39, 0.29) is 18.3 Å². The van der Waals surface area contributed by atoms with E-state index in [0.29, 0.717) is 12.1 Å². The van der Waals surface area contributed by atoms with Crippen LogP contribution in [0.3, 0.4) is 0 Å². The third kappa shape index (κ3) is 4.47. The van der Waals surface area contributed by atoms with Crippen LogP contribution in [0.2, 0.25) is 0 Å². The molecule has 0 radical (unpaired) electrons. The van der Waals surface area contributed by atoms with Gasteiger partial charge in [0.2, 0.25) is 0 Å². The molecule has 0 spiro atoms. The number of amides is 1. The van der Waals surface area contributed by atoms with Gasteiger partial charge in [0.05, 0.1) is 0 Å². The summed E-state index contributed by atoms with van der Waals surface area (Å²) in [5, 5.41) is 8.27. The number of fused-ring (bicyclic) bond motifs is 1. The minimum atomic E-state index is -0.0253. The Morgan fingerprint density at radius 2 is 1.80 bits per heavy atom. The molecule has 3 nitrogen and oxygen atoms in total. The molecule has 2 aromatic carbocycles. The lowest BCUT2D eigenvalue weighted by Gasteiger charge is -2.07. The number of hydrogen-bond donors (Lipinski definition) is 2. The van der Waals surface area contributed by atoms with Gasteiger partial charge in [-0.15, -0.1) is 12.4 Å². The predicted molar refractivity (Wildman–Crippen MR) is 89.8 cm³/mol. The second-order valence-electron chi connectivity index (χ2n) is 4.32. The standard InChI is InChI=1S/C15H17BrN2O.ClH/c1-2-17-7-8-18-15(19)13-4-3-12-10-14(16)6-5-11(12)9-13;/h3-6,9-10,17H,2,7-8H2,1H3,(H,18,19);1H.